The van der Waals surface area contributed by atoms with Crippen molar-refractivity contribution in [2.45, 2.75) is 25.1 Å². The highest BCUT2D eigenvalue weighted by Crippen LogP contribution is 2.38. The van der Waals surface area contributed by atoms with Crippen LogP contribution in [-0.2, 0) is 5.67 Å². The van der Waals surface area contributed by atoms with Crippen molar-refractivity contribution in [2.75, 3.05) is 13.7 Å². The summed E-state index contributed by atoms with van der Waals surface area (Å²) in [4.78, 5) is 0. The summed E-state index contributed by atoms with van der Waals surface area (Å²) >= 11 is 0. The Labute approximate surface area is 89.4 Å². The van der Waals surface area contributed by atoms with Crippen LogP contribution in [0.25, 0.3) is 0 Å². The third kappa shape index (κ3) is 1.72. The normalized spacial score (nSPS) is 24.1. The lowest BCUT2D eigenvalue weighted by molar-refractivity contribution is 0.0830. The largest absolute Gasteiger partial charge is 0.496 e. The van der Waals surface area contributed by atoms with Crippen LogP contribution in [0.15, 0.2) is 24.3 Å². The van der Waals surface area contributed by atoms with Crippen LogP contribution in [0.2, 0.25) is 0 Å². The number of hydrogen-bond acceptors (Lipinski definition) is 2. The molecule has 2 unspecified atom stereocenters. The Morgan fingerprint density at radius 2 is 2.13 bits per heavy atom. The molecule has 1 heterocycles. The average molecular weight is 209 g/mol. The van der Waals surface area contributed by atoms with Crippen LogP contribution in [0, 0.1) is 0 Å². The second-order valence-corrected chi connectivity index (χ2v) is 4.07. The summed E-state index contributed by atoms with van der Waals surface area (Å²) in [5, 5.41) is 3.10. The minimum Gasteiger partial charge on any atom is -0.496 e. The molecule has 1 aliphatic rings. The third-order valence-corrected chi connectivity index (χ3v) is 3.11. The molecular formula is C12H16FNO. The second kappa shape index (κ2) is 3.81. The fraction of sp³-hybridized carbons (Fsp3) is 0.500. The van der Waals surface area contributed by atoms with Gasteiger partial charge in [-0.3, -0.25) is 0 Å². The Morgan fingerprint density at radius 1 is 1.47 bits per heavy atom. The zero-order chi connectivity index (χ0) is 10.9. The van der Waals surface area contributed by atoms with E-state index in [1.165, 1.54) is 0 Å². The first kappa shape index (κ1) is 10.4. The highest BCUT2D eigenvalue weighted by atomic mass is 19.1. The smallest absolute Gasteiger partial charge is 0.152 e. The van der Waals surface area contributed by atoms with Gasteiger partial charge in [0.05, 0.1) is 7.11 Å². The van der Waals surface area contributed by atoms with Gasteiger partial charge in [-0.25, -0.2) is 4.39 Å². The van der Waals surface area contributed by atoms with Crippen LogP contribution in [0.1, 0.15) is 18.9 Å². The number of methoxy groups -OCH3 is 1. The van der Waals surface area contributed by atoms with Gasteiger partial charge in [0.25, 0.3) is 0 Å². The molecule has 15 heavy (non-hydrogen) atoms. The molecule has 0 amide bonds. The molecule has 1 aromatic carbocycles. The Hall–Kier alpha value is -1.09. The summed E-state index contributed by atoms with van der Waals surface area (Å²) in [6, 6.07) is 7.19. The molecular weight excluding hydrogens is 193 g/mol. The molecule has 0 bridgehead atoms. The van der Waals surface area contributed by atoms with Gasteiger partial charge in [0.15, 0.2) is 5.67 Å². The summed E-state index contributed by atoms with van der Waals surface area (Å²) in [7, 11) is 1.57. The summed E-state index contributed by atoms with van der Waals surface area (Å²) < 4.78 is 19.8. The quantitative estimate of drug-likeness (QED) is 0.824. The van der Waals surface area contributed by atoms with Crippen LogP contribution in [0.5, 0.6) is 5.75 Å². The van der Waals surface area contributed by atoms with Gasteiger partial charge < -0.3 is 10.1 Å². The van der Waals surface area contributed by atoms with Crippen LogP contribution in [0.3, 0.4) is 0 Å². The lowest BCUT2D eigenvalue weighted by Gasteiger charge is -2.38. The molecule has 82 valence electrons. The number of benzene rings is 1. The maximum atomic E-state index is 14.6. The van der Waals surface area contributed by atoms with Crippen molar-refractivity contribution in [3.05, 3.63) is 29.8 Å². The summed E-state index contributed by atoms with van der Waals surface area (Å²) in [6.45, 7) is 2.51. The molecule has 0 aliphatic carbocycles. The monoisotopic (exact) mass is 209 g/mol. The van der Waals surface area contributed by atoms with E-state index in [0.717, 1.165) is 13.0 Å². The molecule has 2 atom stereocenters. The first-order valence-electron chi connectivity index (χ1n) is 5.22. The lowest BCUT2D eigenvalue weighted by atomic mass is 9.84. The topological polar surface area (TPSA) is 21.3 Å². The molecule has 2 rings (SSSR count). The van der Waals surface area contributed by atoms with Crippen molar-refractivity contribution < 1.29 is 9.13 Å². The molecule has 0 spiro atoms. The van der Waals surface area contributed by atoms with E-state index in [1.807, 2.05) is 12.1 Å². The Morgan fingerprint density at radius 3 is 2.67 bits per heavy atom. The Balaban J connectivity index is 2.34. The van der Waals surface area contributed by atoms with Gasteiger partial charge in [0.2, 0.25) is 0 Å². The van der Waals surface area contributed by atoms with E-state index in [-0.39, 0.29) is 6.04 Å². The van der Waals surface area contributed by atoms with Gasteiger partial charge in [-0.1, -0.05) is 18.2 Å². The molecule has 0 aromatic heterocycles. The Bertz CT molecular complexity index is 347. The number of halogens is 1. The molecule has 1 N–H and O–H groups in total. The molecule has 1 saturated heterocycles. The van der Waals surface area contributed by atoms with E-state index in [4.69, 9.17) is 4.74 Å². The van der Waals surface area contributed by atoms with Crippen molar-refractivity contribution in [2.24, 2.45) is 0 Å². The van der Waals surface area contributed by atoms with Gasteiger partial charge in [0.1, 0.15) is 5.75 Å². The third-order valence-electron chi connectivity index (χ3n) is 3.11. The van der Waals surface area contributed by atoms with E-state index >= 15 is 0 Å². The molecule has 0 saturated carbocycles. The predicted molar refractivity (Wildman–Crippen MR) is 57.9 cm³/mol. The maximum absolute atomic E-state index is 14.6. The first-order chi connectivity index (χ1) is 7.16. The van der Waals surface area contributed by atoms with Crippen LogP contribution < -0.4 is 10.1 Å². The van der Waals surface area contributed by atoms with Crippen LogP contribution in [-0.4, -0.2) is 19.7 Å². The molecule has 2 nitrogen and oxygen atoms in total. The number of rotatable bonds is 3. The minimum absolute atomic E-state index is 0.0891. The standard InChI is InChI=1S/C12H16FNO/c1-12(13,11-7-8-14-11)9-5-3-4-6-10(9)15-2/h3-6,11,14H,7-8H2,1-2H3. The zero-order valence-corrected chi connectivity index (χ0v) is 9.09. The molecule has 3 heteroatoms. The highest BCUT2D eigenvalue weighted by molar-refractivity contribution is 5.39. The van der Waals surface area contributed by atoms with Gasteiger partial charge in [0, 0.05) is 11.6 Å². The zero-order valence-electron chi connectivity index (χ0n) is 9.09. The minimum atomic E-state index is -1.36. The van der Waals surface area contributed by atoms with Crippen molar-refractivity contribution in [3.63, 3.8) is 0 Å². The fourth-order valence-electron chi connectivity index (χ4n) is 1.99. The summed E-state index contributed by atoms with van der Waals surface area (Å²) in [6.07, 6.45) is 0.880. The van der Waals surface area contributed by atoms with E-state index in [2.05, 4.69) is 5.32 Å². The fourth-order valence-corrected chi connectivity index (χ4v) is 1.99. The van der Waals surface area contributed by atoms with Crippen molar-refractivity contribution in [1.82, 2.24) is 5.32 Å². The van der Waals surface area contributed by atoms with Gasteiger partial charge in [-0.05, 0) is 26.0 Å². The van der Waals surface area contributed by atoms with E-state index in [0.29, 0.717) is 11.3 Å². The summed E-state index contributed by atoms with van der Waals surface area (Å²) in [5.74, 6) is 0.621. The van der Waals surface area contributed by atoms with E-state index in [9.17, 15) is 4.39 Å². The van der Waals surface area contributed by atoms with Gasteiger partial charge in [-0.2, -0.15) is 0 Å². The van der Waals surface area contributed by atoms with Gasteiger partial charge >= 0.3 is 0 Å². The maximum Gasteiger partial charge on any atom is 0.152 e. The summed E-state index contributed by atoms with van der Waals surface area (Å²) in [5.41, 5.74) is -0.727. The molecule has 1 aromatic rings. The number of ether oxygens (including phenoxy) is 1. The van der Waals surface area contributed by atoms with Gasteiger partial charge in [-0.15, -0.1) is 0 Å². The Kier molecular flexibility index (Phi) is 2.65. The van der Waals surface area contributed by atoms with Crippen molar-refractivity contribution >= 4 is 0 Å². The first-order valence-corrected chi connectivity index (χ1v) is 5.22. The molecule has 1 aliphatic heterocycles. The predicted octanol–water partition coefficient (Wildman–Crippen LogP) is 2.24. The number of alkyl halides is 1. The molecule has 1 fully saturated rings. The number of nitrogens with one attached hydrogen (secondary N) is 1. The van der Waals surface area contributed by atoms with Crippen molar-refractivity contribution in [3.8, 4) is 5.75 Å². The molecule has 0 radical (unpaired) electrons. The number of hydrogen-bond donors (Lipinski definition) is 1. The lowest BCUT2D eigenvalue weighted by Crippen LogP contribution is -2.53. The van der Waals surface area contributed by atoms with Crippen molar-refractivity contribution in [1.29, 1.82) is 0 Å². The van der Waals surface area contributed by atoms with Crippen LogP contribution >= 0.6 is 0 Å². The SMILES string of the molecule is COc1ccccc1C(C)(F)C1CCN1. The average Bonchev–Trinajstić information content (AvgIpc) is 2.14. The highest BCUT2D eigenvalue weighted by Gasteiger charge is 2.41. The van der Waals surface area contributed by atoms with Crippen LogP contribution in [0.4, 0.5) is 4.39 Å². The second-order valence-electron chi connectivity index (χ2n) is 4.07. The van der Waals surface area contributed by atoms with E-state index in [1.54, 1.807) is 26.2 Å². The van der Waals surface area contributed by atoms with E-state index < -0.39 is 5.67 Å². The number of para-hydroxylation sites is 1.